The van der Waals surface area contributed by atoms with Crippen LogP contribution in [0.4, 0.5) is 5.95 Å². The number of hydrogen-bond donors (Lipinski definition) is 2. The third kappa shape index (κ3) is 5.78. The molecule has 154 valence electrons. The van der Waals surface area contributed by atoms with Gasteiger partial charge in [-0.3, -0.25) is 14.2 Å². The van der Waals surface area contributed by atoms with E-state index in [9.17, 15) is 9.59 Å². The minimum Gasteiger partial charge on any atom is -0.355 e. The van der Waals surface area contributed by atoms with E-state index in [1.54, 1.807) is 36.2 Å². The van der Waals surface area contributed by atoms with Crippen molar-refractivity contribution in [1.82, 2.24) is 24.4 Å². The summed E-state index contributed by atoms with van der Waals surface area (Å²) in [4.78, 5) is 37.5. The van der Waals surface area contributed by atoms with Crippen LogP contribution in [0.2, 0.25) is 0 Å². The molecule has 0 spiro atoms. The molecular weight excluding hydrogens is 408 g/mol. The molecule has 3 heterocycles. The summed E-state index contributed by atoms with van der Waals surface area (Å²) in [5, 5.41) is 6.45. The molecule has 29 heavy (non-hydrogen) atoms. The van der Waals surface area contributed by atoms with Crippen molar-refractivity contribution in [3.63, 3.8) is 0 Å². The van der Waals surface area contributed by atoms with Gasteiger partial charge in [0.1, 0.15) is 5.01 Å². The number of thioether (sulfide) groups is 1. The Bertz CT molecular complexity index is 1050. The second-order valence-electron chi connectivity index (χ2n) is 6.75. The maximum Gasteiger partial charge on any atom is 0.262 e. The normalized spacial score (nSPS) is 11.2. The summed E-state index contributed by atoms with van der Waals surface area (Å²) < 4.78 is 1.49. The van der Waals surface area contributed by atoms with Gasteiger partial charge in [-0.1, -0.05) is 0 Å². The molecule has 0 bridgehead atoms. The van der Waals surface area contributed by atoms with Gasteiger partial charge in [0.2, 0.25) is 11.5 Å². The minimum absolute atomic E-state index is 0.168. The lowest BCUT2D eigenvalue weighted by Crippen LogP contribution is -2.24. The maximum atomic E-state index is 12.6. The van der Waals surface area contributed by atoms with Gasteiger partial charge in [0, 0.05) is 61.0 Å². The highest BCUT2D eigenvalue weighted by Gasteiger charge is 2.09. The molecule has 0 amide bonds. The fourth-order valence-electron chi connectivity index (χ4n) is 2.65. The third-order valence-electron chi connectivity index (χ3n) is 4.09. The van der Waals surface area contributed by atoms with Crippen molar-refractivity contribution in [2.45, 2.75) is 12.3 Å². The number of rotatable bonds is 9. The number of H-pyrrole nitrogens is 1. The van der Waals surface area contributed by atoms with Crippen molar-refractivity contribution < 1.29 is 0 Å². The van der Waals surface area contributed by atoms with Gasteiger partial charge in [0.05, 0.1) is 11.3 Å². The van der Waals surface area contributed by atoms with Crippen molar-refractivity contribution in [3.05, 3.63) is 61.3 Å². The van der Waals surface area contributed by atoms with Crippen LogP contribution in [-0.2, 0) is 19.3 Å². The fourth-order valence-corrected chi connectivity index (χ4v) is 4.42. The van der Waals surface area contributed by atoms with Crippen molar-refractivity contribution in [2.24, 2.45) is 7.05 Å². The van der Waals surface area contributed by atoms with Gasteiger partial charge in [-0.25, -0.2) is 9.97 Å². The number of nitrogens with one attached hydrogen (secondary N) is 2. The van der Waals surface area contributed by atoms with Gasteiger partial charge in [0.15, 0.2) is 0 Å². The van der Waals surface area contributed by atoms with Crippen LogP contribution in [0.25, 0.3) is 11.1 Å². The Morgan fingerprint density at radius 1 is 1.31 bits per heavy atom. The molecule has 0 saturated heterocycles. The number of aromatic nitrogens is 4. The first-order valence-corrected chi connectivity index (χ1v) is 11.1. The largest absolute Gasteiger partial charge is 0.355 e. The molecule has 0 aliphatic carbocycles. The van der Waals surface area contributed by atoms with E-state index in [2.05, 4.69) is 30.5 Å². The molecule has 8 nitrogen and oxygen atoms in total. The lowest BCUT2D eigenvalue weighted by molar-refractivity contribution is 0.401. The summed E-state index contributed by atoms with van der Waals surface area (Å²) >= 11 is 3.48. The summed E-state index contributed by atoms with van der Waals surface area (Å²) in [6, 6.07) is 3.01. The number of thiazole rings is 1. The van der Waals surface area contributed by atoms with Crippen LogP contribution in [0, 0.1) is 0 Å². The maximum absolute atomic E-state index is 12.6. The van der Waals surface area contributed by atoms with E-state index in [1.165, 1.54) is 23.0 Å². The zero-order valence-corrected chi connectivity index (χ0v) is 18.3. The van der Waals surface area contributed by atoms with Gasteiger partial charge < -0.3 is 15.2 Å². The van der Waals surface area contributed by atoms with Crippen LogP contribution in [-0.4, -0.2) is 50.8 Å². The standard InChI is InChI=1S/C19H24N6O2S2/c1-24(2)10-17-23-14(12-29-17)11-28-7-6-20-19-22-9-15(18(27)25(19)3)13-4-5-16(26)21-8-13/h4-5,8-9,12H,6-7,10-11H2,1-3H3,(H,20,22)(H,21,26). The molecule has 0 radical (unpaired) electrons. The Morgan fingerprint density at radius 2 is 2.14 bits per heavy atom. The molecule has 0 saturated carbocycles. The van der Waals surface area contributed by atoms with Crippen LogP contribution in [0.5, 0.6) is 0 Å². The highest BCUT2D eigenvalue weighted by Crippen LogP contribution is 2.17. The molecule has 3 aromatic rings. The number of aromatic amines is 1. The second-order valence-corrected chi connectivity index (χ2v) is 8.80. The van der Waals surface area contributed by atoms with Gasteiger partial charge in [-0.2, -0.15) is 11.8 Å². The van der Waals surface area contributed by atoms with Gasteiger partial charge in [-0.05, 0) is 20.2 Å². The molecule has 0 aromatic carbocycles. The molecule has 3 rings (SSSR count). The molecule has 0 atom stereocenters. The molecule has 2 N–H and O–H groups in total. The van der Waals surface area contributed by atoms with E-state index in [1.807, 2.05) is 14.1 Å². The fraction of sp³-hybridized carbons (Fsp3) is 0.368. The van der Waals surface area contributed by atoms with E-state index in [-0.39, 0.29) is 11.1 Å². The number of anilines is 1. The first kappa shape index (κ1) is 21.3. The summed E-state index contributed by atoms with van der Waals surface area (Å²) in [6.07, 6.45) is 3.06. The Balaban J connectivity index is 1.51. The Morgan fingerprint density at radius 3 is 2.86 bits per heavy atom. The first-order chi connectivity index (χ1) is 13.9. The summed E-state index contributed by atoms with van der Waals surface area (Å²) in [6.45, 7) is 1.56. The van der Waals surface area contributed by atoms with Crippen LogP contribution in [0.3, 0.4) is 0 Å². The molecule has 0 aliphatic rings. The van der Waals surface area contributed by atoms with Crippen LogP contribution < -0.4 is 16.4 Å². The number of nitrogens with zero attached hydrogens (tertiary/aromatic N) is 4. The second kappa shape index (κ2) is 9.86. The first-order valence-electron chi connectivity index (χ1n) is 9.09. The minimum atomic E-state index is -0.208. The van der Waals surface area contributed by atoms with Crippen molar-refractivity contribution in [1.29, 1.82) is 0 Å². The van der Waals surface area contributed by atoms with Crippen LogP contribution >= 0.6 is 23.1 Å². The molecule has 3 aromatic heterocycles. The highest BCUT2D eigenvalue weighted by molar-refractivity contribution is 7.98. The topological polar surface area (TPSA) is 95.9 Å². The lowest BCUT2D eigenvalue weighted by atomic mass is 10.1. The summed E-state index contributed by atoms with van der Waals surface area (Å²) in [5.74, 6) is 2.26. The zero-order valence-electron chi connectivity index (χ0n) is 16.6. The predicted octanol–water partition coefficient (Wildman–Crippen LogP) is 2.00. The third-order valence-corrected chi connectivity index (χ3v) is 5.97. The average molecular weight is 433 g/mol. The zero-order chi connectivity index (χ0) is 20.8. The number of hydrogen-bond acceptors (Lipinski definition) is 8. The number of pyridine rings is 1. The van der Waals surface area contributed by atoms with E-state index in [0.717, 1.165) is 28.8 Å². The van der Waals surface area contributed by atoms with Gasteiger partial charge in [-0.15, -0.1) is 11.3 Å². The van der Waals surface area contributed by atoms with Crippen LogP contribution in [0.15, 0.2) is 39.5 Å². The Hall–Kier alpha value is -2.43. The van der Waals surface area contributed by atoms with E-state index < -0.39 is 0 Å². The molecule has 10 heteroatoms. The molecule has 0 aliphatic heterocycles. The Labute approximate surface area is 177 Å². The Kier molecular flexibility index (Phi) is 7.24. The summed E-state index contributed by atoms with van der Waals surface area (Å²) in [5.41, 5.74) is 1.81. The molecule has 0 fully saturated rings. The van der Waals surface area contributed by atoms with Crippen LogP contribution in [0.1, 0.15) is 10.7 Å². The highest BCUT2D eigenvalue weighted by atomic mass is 32.2. The van der Waals surface area contributed by atoms with Crippen molar-refractivity contribution in [3.8, 4) is 11.1 Å². The van der Waals surface area contributed by atoms with E-state index >= 15 is 0 Å². The molecular formula is C19H24N6O2S2. The monoisotopic (exact) mass is 432 g/mol. The summed E-state index contributed by atoms with van der Waals surface area (Å²) in [7, 11) is 5.76. The quantitative estimate of drug-likeness (QED) is 0.499. The van der Waals surface area contributed by atoms with Gasteiger partial charge in [0.25, 0.3) is 5.56 Å². The average Bonchev–Trinajstić information content (AvgIpc) is 3.12. The predicted molar refractivity (Wildman–Crippen MR) is 120 cm³/mol. The van der Waals surface area contributed by atoms with Gasteiger partial charge >= 0.3 is 0 Å². The molecule has 0 unspecified atom stereocenters. The smallest absolute Gasteiger partial charge is 0.262 e. The van der Waals surface area contributed by atoms with Crippen molar-refractivity contribution in [2.75, 3.05) is 31.7 Å². The van der Waals surface area contributed by atoms with Crippen molar-refractivity contribution >= 4 is 29.0 Å². The van der Waals surface area contributed by atoms with E-state index in [4.69, 9.17) is 0 Å². The SMILES string of the molecule is CN(C)Cc1nc(CSCCNc2ncc(-c3ccc(=O)[nH]c3)c(=O)n2C)cs1. The van der Waals surface area contributed by atoms with E-state index in [0.29, 0.717) is 23.6 Å². The lowest BCUT2D eigenvalue weighted by Gasteiger charge is -2.11.